The number of hydrogen-bond donors (Lipinski definition) is 0. The molecule has 1 rings (SSSR count). The summed E-state index contributed by atoms with van der Waals surface area (Å²) in [7, 11) is 0. The molecule has 1 aromatic carbocycles. The Morgan fingerprint density at radius 1 is 1.27 bits per heavy atom. The third kappa shape index (κ3) is 4.61. The SMILES string of the molecule is O=C(COC(F)(F)F)c1ccc(I)cc1. The lowest BCUT2D eigenvalue weighted by molar-refractivity contribution is -0.318. The highest BCUT2D eigenvalue weighted by Gasteiger charge is 2.30. The highest BCUT2D eigenvalue weighted by atomic mass is 127. The summed E-state index contributed by atoms with van der Waals surface area (Å²) in [6, 6.07) is 6.20. The predicted molar refractivity (Wildman–Crippen MR) is 55.5 cm³/mol. The minimum Gasteiger partial charge on any atom is -0.292 e. The molecule has 0 aliphatic rings. The largest absolute Gasteiger partial charge is 0.522 e. The van der Waals surface area contributed by atoms with E-state index in [9.17, 15) is 18.0 Å². The molecule has 0 heterocycles. The van der Waals surface area contributed by atoms with Gasteiger partial charge in [-0.1, -0.05) is 12.1 Å². The molecular formula is C9H6F3IO2. The molecule has 0 aromatic heterocycles. The minimum absolute atomic E-state index is 0.208. The number of rotatable bonds is 3. The van der Waals surface area contributed by atoms with E-state index in [2.05, 4.69) is 4.74 Å². The molecule has 15 heavy (non-hydrogen) atoms. The predicted octanol–water partition coefficient (Wildman–Crippen LogP) is 3.01. The number of ketones is 1. The molecule has 0 amide bonds. The topological polar surface area (TPSA) is 26.3 Å². The van der Waals surface area contributed by atoms with Crippen molar-refractivity contribution in [1.29, 1.82) is 0 Å². The van der Waals surface area contributed by atoms with Crippen molar-refractivity contribution < 1.29 is 22.7 Å². The molecule has 0 bridgehead atoms. The van der Waals surface area contributed by atoms with Crippen LogP contribution in [0.15, 0.2) is 24.3 Å². The lowest BCUT2D eigenvalue weighted by Gasteiger charge is -2.06. The van der Waals surface area contributed by atoms with Gasteiger partial charge in [-0.15, -0.1) is 13.2 Å². The molecule has 0 fully saturated rings. The molecule has 0 radical (unpaired) electrons. The van der Waals surface area contributed by atoms with Crippen LogP contribution in [0.25, 0.3) is 0 Å². The van der Waals surface area contributed by atoms with Crippen LogP contribution in [0.2, 0.25) is 0 Å². The molecule has 0 saturated carbocycles. The first-order valence-electron chi connectivity index (χ1n) is 3.88. The molecule has 0 aliphatic heterocycles. The molecule has 0 aliphatic carbocycles. The molecule has 2 nitrogen and oxygen atoms in total. The van der Waals surface area contributed by atoms with Crippen LogP contribution in [0.4, 0.5) is 13.2 Å². The Hall–Kier alpha value is -0.630. The molecular weight excluding hydrogens is 324 g/mol. The summed E-state index contributed by atoms with van der Waals surface area (Å²) >= 11 is 2.03. The number of hydrogen-bond acceptors (Lipinski definition) is 2. The lowest BCUT2D eigenvalue weighted by Crippen LogP contribution is -2.19. The first-order chi connectivity index (χ1) is 6.88. The summed E-state index contributed by atoms with van der Waals surface area (Å²) < 4.78 is 39.2. The van der Waals surface area contributed by atoms with E-state index in [1.807, 2.05) is 22.6 Å². The average molecular weight is 330 g/mol. The number of Topliss-reactive ketones (excluding diaryl/α,β-unsaturated/α-hetero) is 1. The van der Waals surface area contributed by atoms with Gasteiger partial charge in [-0.2, -0.15) is 0 Å². The van der Waals surface area contributed by atoms with Gasteiger partial charge in [-0.3, -0.25) is 9.53 Å². The molecule has 82 valence electrons. The zero-order valence-corrected chi connectivity index (χ0v) is 9.50. The van der Waals surface area contributed by atoms with Crippen LogP contribution < -0.4 is 0 Å². The fraction of sp³-hybridized carbons (Fsp3) is 0.222. The zero-order chi connectivity index (χ0) is 11.5. The Kier molecular flexibility index (Phi) is 4.09. The van der Waals surface area contributed by atoms with E-state index < -0.39 is 18.8 Å². The number of benzene rings is 1. The fourth-order valence-electron chi connectivity index (χ4n) is 0.866. The van der Waals surface area contributed by atoms with Crippen molar-refractivity contribution in [3.63, 3.8) is 0 Å². The lowest BCUT2D eigenvalue weighted by atomic mass is 10.1. The highest BCUT2D eigenvalue weighted by molar-refractivity contribution is 14.1. The summed E-state index contributed by atoms with van der Waals surface area (Å²) in [6.07, 6.45) is -4.77. The van der Waals surface area contributed by atoms with Crippen LogP contribution in [-0.4, -0.2) is 18.8 Å². The summed E-state index contributed by atoms with van der Waals surface area (Å²) in [5.41, 5.74) is 0.208. The number of carbonyl (C=O) groups is 1. The van der Waals surface area contributed by atoms with Crippen LogP contribution in [0.3, 0.4) is 0 Å². The van der Waals surface area contributed by atoms with Gasteiger partial charge in [0.05, 0.1) is 0 Å². The molecule has 0 spiro atoms. The number of alkyl halides is 3. The van der Waals surface area contributed by atoms with E-state index >= 15 is 0 Å². The monoisotopic (exact) mass is 330 g/mol. The van der Waals surface area contributed by atoms with Crippen molar-refractivity contribution in [1.82, 2.24) is 0 Å². The number of carbonyl (C=O) groups excluding carboxylic acids is 1. The second-order valence-electron chi connectivity index (χ2n) is 2.66. The van der Waals surface area contributed by atoms with Gasteiger partial charge < -0.3 is 0 Å². The van der Waals surface area contributed by atoms with Crippen molar-refractivity contribution in [2.45, 2.75) is 6.36 Å². The van der Waals surface area contributed by atoms with Gasteiger partial charge >= 0.3 is 6.36 Å². The van der Waals surface area contributed by atoms with Gasteiger partial charge in [0, 0.05) is 9.13 Å². The van der Waals surface area contributed by atoms with E-state index in [1.165, 1.54) is 12.1 Å². The Bertz CT molecular complexity index is 345. The van der Waals surface area contributed by atoms with Gasteiger partial charge in [0.2, 0.25) is 0 Å². The highest BCUT2D eigenvalue weighted by Crippen LogP contribution is 2.16. The zero-order valence-electron chi connectivity index (χ0n) is 7.34. The average Bonchev–Trinajstić information content (AvgIpc) is 2.14. The van der Waals surface area contributed by atoms with E-state index in [-0.39, 0.29) is 5.56 Å². The van der Waals surface area contributed by atoms with E-state index in [0.29, 0.717) is 0 Å². The summed E-state index contributed by atoms with van der Waals surface area (Å²) in [4.78, 5) is 11.2. The van der Waals surface area contributed by atoms with E-state index in [4.69, 9.17) is 0 Å². The van der Waals surface area contributed by atoms with Crippen LogP contribution in [-0.2, 0) is 4.74 Å². The van der Waals surface area contributed by atoms with Crippen molar-refractivity contribution in [3.8, 4) is 0 Å². The molecule has 6 heteroatoms. The normalized spacial score (nSPS) is 11.5. The van der Waals surface area contributed by atoms with Gasteiger partial charge in [0.15, 0.2) is 5.78 Å². The Balaban J connectivity index is 2.58. The Labute approximate surface area is 97.6 Å². The first kappa shape index (κ1) is 12.4. The standard InChI is InChI=1S/C9H6F3IO2/c10-9(11,12)15-5-8(14)6-1-3-7(13)4-2-6/h1-4H,5H2. The molecule has 0 atom stereocenters. The van der Waals surface area contributed by atoms with Gasteiger partial charge in [-0.05, 0) is 34.7 Å². The molecule has 0 unspecified atom stereocenters. The molecule has 1 aromatic rings. The second-order valence-corrected chi connectivity index (χ2v) is 3.91. The van der Waals surface area contributed by atoms with Gasteiger partial charge in [-0.25, -0.2) is 0 Å². The minimum atomic E-state index is -4.77. The van der Waals surface area contributed by atoms with E-state index in [1.54, 1.807) is 12.1 Å². The quantitative estimate of drug-likeness (QED) is 0.629. The first-order valence-corrected chi connectivity index (χ1v) is 4.96. The van der Waals surface area contributed by atoms with Crippen molar-refractivity contribution >= 4 is 28.4 Å². The summed E-state index contributed by atoms with van der Waals surface area (Å²) in [6.45, 7) is -0.982. The maximum atomic E-state index is 11.6. The third-order valence-corrected chi connectivity index (χ3v) is 2.25. The molecule has 0 saturated heterocycles. The van der Waals surface area contributed by atoms with Crippen LogP contribution >= 0.6 is 22.6 Å². The number of halogens is 4. The van der Waals surface area contributed by atoms with Crippen LogP contribution in [0.1, 0.15) is 10.4 Å². The van der Waals surface area contributed by atoms with Crippen molar-refractivity contribution in [2.75, 3.05) is 6.61 Å². The maximum absolute atomic E-state index is 11.6. The maximum Gasteiger partial charge on any atom is 0.522 e. The van der Waals surface area contributed by atoms with Crippen LogP contribution in [0.5, 0.6) is 0 Å². The van der Waals surface area contributed by atoms with Gasteiger partial charge in [0.1, 0.15) is 6.61 Å². The van der Waals surface area contributed by atoms with Gasteiger partial charge in [0.25, 0.3) is 0 Å². The smallest absolute Gasteiger partial charge is 0.292 e. The second kappa shape index (κ2) is 4.93. The summed E-state index contributed by atoms with van der Waals surface area (Å²) in [5.74, 6) is -0.691. The van der Waals surface area contributed by atoms with Crippen molar-refractivity contribution in [3.05, 3.63) is 33.4 Å². The Morgan fingerprint density at radius 3 is 2.27 bits per heavy atom. The Morgan fingerprint density at radius 2 is 1.80 bits per heavy atom. The van der Waals surface area contributed by atoms with E-state index in [0.717, 1.165) is 3.57 Å². The summed E-state index contributed by atoms with van der Waals surface area (Å²) in [5, 5.41) is 0. The van der Waals surface area contributed by atoms with Crippen molar-refractivity contribution in [2.24, 2.45) is 0 Å². The number of ether oxygens (including phenoxy) is 1. The third-order valence-electron chi connectivity index (χ3n) is 1.53. The fourth-order valence-corrected chi connectivity index (χ4v) is 1.23. The van der Waals surface area contributed by atoms with Crippen LogP contribution in [0, 0.1) is 3.57 Å². The molecule has 0 N–H and O–H groups in total.